The SMILES string of the molecule is Cc1cc(C(=O)NC2CCCC2)ccc1NC(=O)CCC1CCNC1. The summed E-state index contributed by atoms with van der Waals surface area (Å²) in [5.41, 5.74) is 2.39. The molecule has 25 heavy (non-hydrogen) atoms. The van der Waals surface area contributed by atoms with Crippen LogP contribution in [0.5, 0.6) is 0 Å². The first-order valence-electron chi connectivity index (χ1n) is 9.54. The fourth-order valence-corrected chi connectivity index (χ4v) is 3.79. The smallest absolute Gasteiger partial charge is 0.251 e. The Bertz CT molecular complexity index is 617. The van der Waals surface area contributed by atoms with Crippen LogP contribution >= 0.6 is 0 Å². The number of anilines is 1. The van der Waals surface area contributed by atoms with E-state index in [0.29, 0.717) is 23.9 Å². The van der Waals surface area contributed by atoms with E-state index in [-0.39, 0.29) is 11.8 Å². The zero-order valence-corrected chi connectivity index (χ0v) is 15.1. The minimum Gasteiger partial charge on any atom is -0.349 e. The molecule has 2 aliphatic rings. The summed E-state index contributed by atoms with van der Waals surface area (Å²) in [7, 11) is 0. The average Bonchev–Trinajstić information content (AvgIpc) is 3.28. The van der Waals surface area contributed by atoms with Crippen molar-refractivity contribution in [3.05, 3.63) is 29.3 Å². The molecule has 0 spiro atoms. The molecule has 136 valence electrons. The molecule has 1 aliphatic heterocycles. The van der Waals surface area contributed by atoms with Crippen LogP contribution in [-0.2, 0) is 4.79 Å². The third kappa shape index (κ3) is 5.05. The average molecular weight is 343 g/mol. The van der Waals surface area contributed by atoms with Gasteiger partial charge in [-0.2, -0.15) is 0 Å². The van der Waals surface area contributed by atoms with Crippen LogP contribution in [0.1, 0.15) is 60.9 Å². The van der Waals surface area contributed by atoms with E-state index in [2.05, 4.69) is 16.0 Å². The molecule has 1 unspecified atom stereocenters. The highest BCUT2D eigenvalue weighted by atomic mass is 16.2. The second kappa shape index (κ2) is 8.48. The molecule has 0 radical (unpaired) electrons. The maximum absolute atomic E-state index is 12.3. The predicted octanol–water partition coefficient (Wildman–Crippen LogP) is 3.00. The lowest BCUT2D eigenvalue weighted by Gasteiger charge is -2.14. The van der Waals surface area contributed by atoms with E-state index in [1.165, 1.54) is 12.8 Å². The Hall–Kier alpha value is -1.88. The van der Waals surface area contributed by atoms with Crippen molar-refractivity contribution in [1.82, 2.24) is 10.6 Å². The van der Waals surface area contributed by atoms with Crippen molar-refractivity contribution in [3.8, 4) is 0 Å². The van der Waals surface area contributed by atoms with Crippen molar-refractivity contribution in [1.29, 1.82) is 0 Å². The van der Waals surface area contributed by atoms with E-state index in [1.807, 2.05) is 19.1 Å². The Labute approximate surface area is 150 Å². The van der Waals surface area contributed by atoms with Gasteiger partial charge in [-0.3, -0.25) is 9.59 Å². The van der Waals surface area contributed by atoms with Crippen LogP contribution in [0.15, 0.2) is 18.2 Å². The topological polar surface area (TPSA) is 70.2 Å². The molecule has 5 heteroatoms. The van der Waals surface area contributed by atoms with Gasteiger partial charge in [0.05, 0.1) is 0 Å². The van der Waals surface area contributed by atoms with Gasteiger partial charge in [-0.05, 0) is 75.4 Å². The lowest BCUT2D eigenvalue weighted by molar-refractivity contribution is -0.116. The van der Waals surface area contributed by atoms with Gasteiger partial charge in [-0.25, -0.2) is 0 Å². The largest absolute Gasteiger partial charge is 0.349 e. The molecular weight excluding hydrogens is 314 g/mol. The minimum absolute atomic E-state index is 0.0124. The van der Waals surface area contributed by atoms with Gasteiger partial charge in [0.1, 0.15) is 0 Å². The van der Waals surface area contributed by atoms with Crippen molar-refractivity contribution in [2.24, 2.45) is 5.92 Å². The molecule has 1 heterocycles. The van der Waals surface area contributed by atoms with Gasteiger partial charge in [-0.1, -0.05) is 12.8 Å². The summed E-state index contributed by atoms with van der Waals surface area (Å²) >= 11 is 0. The highest BCUT2D eigenvalue weighted by Crippen LogP contribution is 2.21. The maximum Gasteiger partial charge on any atom is 0.251 e. The van der Waals surface area contributed by atoms with E-state index in [1.54, 1.807) is 6.07 Å². The third-order valence-corrected chi connectivity index (χ3v) is 5.40. The highest BCUT2D eigenvalue weighted by molar-refractivity contribution is 5.96. The number of hydrogen-bond donors (Lipinski definition) is 3. The lowest BCUT2D eigenvalue weighted by atomic mass is 10.0. The molecule has 3 N–H and O–H groups in total. The molecule has 1 aromatic rings. The summed E-state index contributed by atoms with van der Waals surface area (Å²) in [5.74, 6) is 0.660. The number of rotatable bonds is 6. The van der Waals surface area contributed by atoms with Gasteiger partial charge in [0.2, 0.25) is 5.91 Å². The summed E-state index contributed by atoms with van der Waals surface area (Å²) in [5, 5.41) is 9.41. The molecule has 3 rings (SSSR count). The van der Waals surface area contributed by atoms with Crippen LogP contribution in [0.25, 0.3) is 0 Å². The minimum atomic E-state index is -0.0124. The van der Waals surface area contributed by atoms with Gasteiger partial charge in [0.25, 0.3) is 5.91 Å². The van der Waals surface area contributed by atoms with Gasteiger partial charge >= 0.3 is 0 Å². The van der Waals surface area contributed by atoms with Crippen LogP contribution in [0.4, 0.5) is 5.69 Å². The number of nitrogens with one attached hydrogen (secondary N) is 3. The number of amides is 2. The van der Waals surface area contributed by atoms with Crippen LogP contribution in [0.2, 0.25) is 0 Å². The highest BCUT2D eigenvalue weighted by Gasteiger charge is 2.19. The zero-order valence-electron chi connectivity index (χ0n) is 15.1. The van der Waals surface area contributed by atoms with E-state index in [9.17, 15) is 9.59 Å². The Morgan fingerprint density at radius 2 is 2.00 bits per heavy atom. The third-order valence-electron chi connectivity index (χ3n) is 5.40. The van der Waals surface area contributed by atoms with Crippen molar-refractivity contribution < 1.29 is 9.59 Å². The first-order valence-corrected chi connectivity index (χ1v) is 9.54. The van der Waals surface area contributed by atoms with Gasteiger partial charge in [0.15, 0.2) is 0 Å². The molecule has 1 saturated heterocycles. The molecule has 1 atom stereocenters. The van der Waals surface area contributed by atoms with Crippen LogP contribution in [0.3, 0.4) is 0 Å². The second-order valence-corrected chi connectivity index (χ2v) is 7.43. The molecule has 5 nitrogen and oxygen atoms in total. The second-order valence-electron chi connectivity index (χ2n) is 7.43. The Kier molecular flexibility index (Phi) is 6.08. The summed E-state index contributed by atoms with van der Waals surface area (Å²) in [6, 6.07) is 5.82. The molecule has 1 aliphatic carbocycles. The van der Waals surface area contributed by atoms with Crippen LogP contribution in [-0.4, -0.2) is 30.9 Å². The van der Waals surface area contributed by atoms with Crippen LogP contribution in [0, 0.1) is 12.8 Å². The van der Waals surface area contributed by atoms with E-state index < -0.39 is 0 Å². The summed E-state index contributed by atoms with van der Waals surface area (Å²) in [4.78, 5) is 24.5. The molecule has 2 amide bonds. The first kappa shape index (κ1) is 17.9. The summed E-state index contributed by atoms with van der Waals surface area (Å²) in [6.45, 7) is 4.02. The van der Waals surface area contributed by atoms with Gasteiger partial charge < -0.3 is 16.0 Å². The number of carbonyl (C=O) groups is 2. The molecular formula is C20H29N3O2. The molecule has 1 saturated carbocycles. The normalized spacial score (nSPS) is 20.6. The van der Waals surface area contributed by atoms with Crippen molar-refractivity contribution in [3.63, 3.8) is 0 Å². The molecule has 0 bridgehead atoms. The van der Waals surface area contributed by atoms with Crippen molar-refractivity contribution >= 4 is 17.5 Å². The van der Waals surface area contributed by atoms with Crippen molar-refractivity contribution in [2.45, 2.75) is 57.9 Å². The van der Waals surface area contributed by atoms with Crippen molar-refractivity contribution in [2.75, 3.05) is 18.4 Å². The summed E-state index contributed by atoms with van der Waals surface area (Å²) in [6.07, 6.45) is 7.20. The van der Waals surface area contributed by atoms with Gasteiger partial charge in [-0.15, -0.1) is 0 Å². The van der Waals surface area contributed by atoms with E-state index in [0.717, 1.165) is 50.0 Å². The molecule has 0 aromatic heterocycles. The standard InChI is InChI=1S/C20H29N3O2/c1-14-12-16(20(25)22-17-4-2-3-5-17)7-8-18(14)23-19(24)9-6-15-10-11-21-13-15/h7-8,12,15,17,21H,2-6,9-11,13H2,1H3,(H,22,25)(H,23,24). The molecule has 2 fully saturated rings. The monoisotopic (exact) mass is 343 g/mol. The number of hydrogen-bond acceptors (Lipinski definition) is 3. The maximum atomic E-state index is 12.3. The summed E-state index contributed by atoms with van der Waals surface area (Å²) < 4.78 is 0. The van der Waals surface area contributed by atoms with E-state index in [4.69, 9.17) is 0 Å². The number of carbonyl (C=O) groups excluding carboxylic acids is 2. The Balaban J connectivity index is 1.51. The molecule has 1 aromatic carbocycles. The first-order chi connectivity index (χ1) is 12.1. The quantitative estimate of drug-likeness (QED) is 0.744. The Morgan fingerprint density at radius 3 is 2.68 bits per heavy atom. The van der Waals surface area contributed by atoms with E-state index >= 15 is 0 Å². The number of aryl methyl sites for hydroxylation is 1. The fourth-order valence-electron chi connectivity index (χ4n) is 3.79. The predicted molar refractivity (Wildman–Crippen MR) is 99.7 cm³/mol. The van der Waals surface area contributed by atoms with Gasteiger partial charge in [0, 0.05) is 23.7 Å². The lowest BCUT2D eigenvalue weighted by Crippen LogP contribution is -2.32. The zero-order chi connectivity index (χ0) is 17.6. The fraction of sp³-hybridized carbons (Fsp3) is 0.600. The van der Waals surface area contributed by atoms with Crippen LogP contribution < -0.4 is 16.0 Å². The number of benzene rings is 1. The Morgan fingerprint density at radius 1 is 1.20 bits per heavy atom.